The molecule has 32 heavy (non-hydrogen) atoms. The first kappa shape index (κ1) is 20.3. The molecule has 2 heterocycles. The van der Waals surface area contributed by atoms with Gasteiger partial charge in [-0.25, -0.2) is 27.5 Å². The van der Waals surface area contributed by atoms with Crippen molar-refractivity contribution in [3.63, 3.8) is 0 Å². The van der Waals surface area contributed by atoms with Crippen LogP contribution in [-0.2, 0) is 6.54 Å². The van der Waals surface area contributed by atoms with Crippen LogP contribution in [0.4, 0.5) is 13.2 Å². The van der Waals surface area contributed by atoms with Crippen molar-refractivity contribution < 1.29 is 13.2 Å². The molecule has 164 valence electrons. The Labute approximate surface area is 180 Å². The van der Waals surface area contributed by atoms with Gasteiger partial charge in [-0.2, -0.15) is 0 Å². The molecule has 2 aromatic carbocycles. The average Bonchev–Trinajstić information content (AvgIpc) is 3.42. The smallest absolute Gasteiger partial charge is 0.320 e. The van der Waals surface area contributed by atoms with Crippen LogP contribution in [0, 0.1) is 17.5 Å². The lowest BCUT2D eigenvalue weighted by atomic mass is 10.2. The summed E-state index contributed by atoms with van der Waals surface area (Å²) >= 11 is 0. The van der Waals surface area contributed by atoms with Crippen LogP contribution in [0.25, 0.3) is 16.9 Å². The van der Waals surface area contributed by atoms with Crippen LogP contribution >= 0.6 is 0 Å². The molecule has 0 radical (unpaired) electrons. The summed E-state index contributed by atoms with van der Waals surface area (Å²) in [6, 6.07) is 8.68. The molecular formula is C23H19F3N4O2. The first-order chi connectivity index (χ1) is 15.5. The zero-order valence-electron chi connectivity index (χ0n) is 17.0. The number of hydrogen-bond acceptors (Lipinski definition) is 3. The van der Waals surface area contributed by atoms with Crippen molar-refractivity contribution in [3.8, 4) is 5.69 Å². The largest absolute Gasteiger partial charge is 0.337 e. The van der Waals surface area contributed by atoms with E-state index in [9.17, 15) is 22.8 Å². The van der Waals surface area contributed by atoms with Gasteiger partial charge in [-0.3, -0.25) is 9.36 Å². The van der Waals surface area contributed by atoms with Crippen molar-refractivity contribution in [1.82, 2.24) is 18.7 Å². The molecule has 1 fully saturated rings. The minimum atomic E-state index is -0.950. The average molecular weight is 440 g/mol. The van der Waals surface area contributed by atoms with Gasteiger partial charge in [0.15, 0.2) is 11.2 Å². The molecule has 0 unspecified atom stereocenters. The highest BCUT2D eigenvalue weighted by Gasteiger charge is 2.27. The molecule has 0 spiro atoms. The summed E-state index contributed by atoms with van der Waals surface area (Å²) in [5, 5.41) is 0. The highest BCUT2D eigenvalue weighted by atomic mass is 19.1. The van der Waals surface area contributed by atoms with Crippen molar-refractivity contribution in [3.05, 3.63) is 92.6 Å². The molecule has 1 saturated carbocycles. The van der Waals surface area contributed by atoms with E-state index in [1.807, 2.05) is 0 Å². The number of halogens is 3. The molecule has 1 aliphatic rings. The Hall–Kier alpha value is -3.62. The maximum absolute atomic E-state index is 14.7. The molecular weight excluding hydrogens is 421 g/mol. The Bertz CT molecular complexity index is 1450. The highest BCUT2D eigenvalue weighted by Crippen LogP contribution is 2.28. The molecule has 0 atom stereocenters. The summed E-state index contributed by atoms with van der Waals surface area (Å²) in [5.74, 6) is -2.18. The van der Waals surface area contributed by atoms with E-state index in [0.29, 0.717) is 24.5 Å². The van der Waals surface area contributed by atoms with E-state index in [1.165, 1.54) is 17.0 Å². The molecule has 0 aliphatic heterocycles. The lowest BCUT2D eigenvalue weighted by Crippen LogP contribution is -2.42. The van der Waals surface area contributed by atoms with Gasteiger partial charge in [0.05, 0.1) is 18.6 Å². The topological polar surface area (TPSA) is 61.8 Å². The molecule has 0 amide bonds. The van der Waals surface area contributed by atoms with E-state index in [1.54, 1.807) is 18.2 Å². The van der Waals surface area contributed by atoms with Crippen molar-refractivity contribution in [2.45, 2.75) is 38.3 Å². The predicted octanol–water partition coefficient (Wildman–Crippen LogP) is 3.93. The Morgan fingerprint density at radius 1 is 0.969 bits per heavy atom. The number of rotatable bonds is 4. The van der Waals surface area contributed by atoms with Gasteiger partial charge in [0.2, 0.25) is 0 Å². The third kappa shape index (κ3) is 3.24. The SMILES string of the molecule is O=c1c2c(ncn2Cc2ccccc2F)n(-c2ccc(F)cc2F)c(=O)n1C1CCCC1. The second kappa shape index (κ2) is 7.81. The zero-order valence-corrected chi connectivity index (χ0v) is 17.0. The maximum atomic E-state index is 14.7. The molecule has 6 nitrogen and oxygen atoms in total. The number of fused-ring (bicyclic) bond motifs is 1. The van der Waals surface area contributed by atoms with Gasteiger partial charge in [0, 0.05) is 17.7 Å². The van der Waals surface area contributed by atoms with E-state index >= 15 is 0 Å². The molecule has 5 rings (SSSR count). The van der Waals surface area contributed by atoms with Crippen molar-refractivity contribution in [2.75, 3.05) is 0 Å². The Kier molecular flexibility index (Phi) is 4.96. The summed E-state index contributed by atoms with van der Waals surface area (Å²) in [4.78, 5) is 31.1. The third-order valence-corrected chi connectivity index (χ3v) is 5.99. The minimum absolute atomic E-state index is 0.00713. The van der Waals surface area contributed by atoms with E-state index < -0.39 is 28.7 Å². The van der Waals surface area contributed by atoms with Crippen LogP contribution in [0.15, 0.2) is 58.4 Å². The number of benzene rings is 2. The lowest BCUT2D eigenvalue weighted by molar-refractivity contribution is 0.472. The third-order valence-electron chi connectivity index (χ3n) is 5.99. The monoisotopic (exact) mass is 440 g/mol. The molecule has 0 bridgehead atoms. The molecule has 4 aromatic rings. The van der Waals surface area contributed by atoms with Gasteiger partial charge < -0.3 is 4.57 Å². The van der Waals surface area contributed by atoms with Gasteiger partial charge >= 0.3 is 5.69 Å². The van der Waals surface area contributed by atoms with E-state index in [-0.39, 0.29) is 29.4 Å². The van der Waals surface area contributed by atoms with E-state index in [0.717, 1.165) is 34.1 Å². The summed E-state index contributed by atoms with van der Waals surface area (Å²) in [6.45, 7) is 0.00713. The first-order valence-corrected chi connectivity index (χ1v) is 10.4. The van der Waals surface area contributed by atoms with Crippen LogP contribution < -0.4 is 11.2 Å². The Morgan fingerprint density at radius 2 is 1.72 bits per heavy atom. The fraction of sp³-hybridized carbons (Fsp3) is 0.261. The predicted molar refractivity (Wildman–Crippen MR) is 113 cm³/mol. The van der Waals surface area contributed by atoms with Crippen LogP contribution in [0.1, 0.15) is 37.3 Å². The summed E-state index contributed by atoms with van der Waals surface area (Å²) in [5.41, 5.74) is -1.14. The molecule has 0 N–H and O–H groups in total. The fourth-order valence-electron chi connectivity index (χ4n) is 4.45. The lowest BCUT2D eigenvalue weighted by Gasteiger charge is -2.17. The second-order valence-electron chi connectivity index (χ2n) is 7.96. The summed E-state index contributed by atoms with van der Waals surface area (Å²) in [7, 11) is 0. The highest BCUT2D eigenvalue weighted by molar-refractivity contribution is 5.72. The summed E-state index contributed by atoms with van der Waals surface area (Å²) < 4.78 is 46.0. The Balaban J connectivity index is 1.81. The standard InChI is InChI=1S/C23H19F3N4O2/c24-15-9-10-19(18(26)11-15)30-21-20(22(31)29(23(30)32)16-6-2-3-7-16)28(13-27-21)12-14-5-1-4-8-17(14)25/h1,4-5,8-11,13,16H,2-3,6-7,12H2. The van der Waals surface area contributed by atoms with Crippen molar-refractivity contribution >= 4 is 11.2 Å². The molecule has 1 aliphatic carbocycles. The molecule has 2 aromatic heterocycles. The summed E-state index contributed by atoms with van der Waals surface area (Å²) in [6.07, 6.45) is 4.36. The van der Waals surface area contributed by atoms with Crippen molar-refractivity contribution in [1.29, 1.82) is 0 Å². The van der Waals surface area contributed by atoms with E-state index in [2.05, 4.69) is 4.98 Å². The maximum Gasteiger partial charge on any atom is 0.337 e. The quantitative estimate of drug-likeness (QED) is 0.483. The fourth-order valence-corrected chi connectivity index (χ4v) is 4.45. The molecule has 0 saturated heterocycles. The number of aromatic nitrogens is 4. The zero-order chi connectivity index (χ0) is 22.4. The van der Waals surface area contributed by atoms with Crippen LogP contribution in [0.5, 0.6) is 0 Å². The van der Waals surface area contributed by atoms with Crippen LogP contribution in [-0.4, -0.2) is 18.7 Å². The molecule has 9 heteroatoms. The van der Waals surface area contributed by atoms with Gasteiger partial charge in [0.25, 0.3) is 5.56 Å². The van der Waals surface area contributed by atoms with Gasteiger partial charge in [0.1, 0.15) is 17.5 Å². The van der Waals surface area contributed by atoms with Gasteiger partial charge in [-0.15, -0.1) is 0 Å². The number of hydrogen-bond donors (Lipinski definition) is 0. The van der Waals surface area contributed by atoms with Crippen LogP contribution in [0.3, 0.4) is 0 Å². The van der Waals surface area contributed by atoms with E-state index in [4.69, 9.17) is 0 Å². The number of nitrogens with zero attached hydrogens (tertiary/aromatic N) is 4. The van der Waals surface area contributed by atoms with Crippen LogP contribution in [0.2, 0.25) is 0 Å². The van der Waals surface area contributed by atoms with Crippen molar-refractivity contribution in [2.24, 2.45) is 0 Å². The first-order valence-electron chi connectivity index (χ1n) is 10.4. The minimum Gasteiger partial charge on any atom is -0.320 e. The van der Waals surface area contributed by atoms with Gasteiger partial charge in [-0.05, 0) is 31.0 Å². The normalized spacial score (nSPS) is 14.5. The Morgan fingerprint density at radius 3 is 2.44 bits per heavy atom. The second-order valence-corrected chi connectivity index (χ2v) is 7.96. The van der Waals surface area contributed by atoms with Gasteiger partial charge in [-0.1, -0.05) is 31.0 Å². The number of imidazole rings is 1.